The van der Waals surface area contributed by atoms with Crippen molar-refractivity contribution in [2.24, 2.45) is 11.8 Å². The lowest BCUT2D eigenvalue weighted by Gasteiger charge is -2.34. The van der Waals surface area contributed by atoms with Crippen molar-refractivity contribution in [3.05, 3.63) is 0 Å². The molecule has 15 heavy (non-hydrogen) atoms. The van der Waals surface area contributed by atoms with Crippen molar-refractivity contribution in [1.29, 1.82) is 0 Å². The van der Waals surface area contributed by atoms with Crippen LogP contribution in [0, 0.1) is 11.8 Å². The normalized spacial score (nSPS) is 27.1. The molecule has 0 bridgehead atoms. The molecule has 1 atom stereocenters. The Hall–Kier alpha value is -0.570. The standard InChI is InChI=1S/C12H22O3/c1-3-4-9(2)8-15-11-5-10(6-11)7-12(13)14/h9-11H,3-8H2,1-2H3,(H,13,14). The van der Waals surface area contributed by atoms with Crippen molar-refractivity contribution >= 4 is 5.97 Å². The first kappa shape index (κ1) is 12.5. The van der Waals surface area contributed by atoms with Gasteiger partial charge in [0.2, 0.25) is 0 Å². The molecule has 1 unspecified atom stereocenters. The topological polar surface area (TPSA) is 46.5 Å². The molecule has 3 nitrogen and oxygen atoms in total. The molecule has 0 aromatic rings. The van der Waals surface area contributed by atoms with E-state index in [1.807, 2.05) is 0 Å². The van der Waals surface area contributed by atoms with E-state index in [9.17, 15) is 4.79 Å². The summed E-state index contributed by atoms with van der Waals surface area (Å²) in [7, 11) is 0. The zero-order chi connectivity index (χ0) is 11.3. The molecule has 1 rings (SSSR count). The lowest BCUT2D eigenvalue weighted by atomic mass is 9.80. The number of aliphatic carboxylic acids is 1. The van der Waals surface area contributed by atoms with E-state index in [2.05, 4.69) is 13.8 Å². The van der Waals surface area contributed by atoms with Gasteiger partial charge in [-0.2, -0.15) is 0 Å². The largest absolute Gasteiger partial charge is 0.481 e. The number of hydrogen-bond donors (Lipinski definition) is 1. The monoisotopic (exact) mass is 214 g/mol. The highest BCUT2D eigenvalue weighted by atomic mass is 16.5. The Morgan fingerprint density at radius 3 is 2.73 bits per heavy atom. The zero-order valence-corrected chi connectivity index (χ0v) is 9.74. The summed E-state index contributed by atoms with van der Waals surface area (Å²) in [6.45, 7) is 5.22. The Morgan fingerprint density at radius 1 is 1.53 bits per heavy atom. The quantitative estimate of drug-likeness (QED) is 0.708. The van der Waals surface area contributed by atoms with Crippen molar-refractivity contribution in [2.75, 3.05) is 6.61 Å². The lowest BCUT2D eigenvalue weighted by molar-refractivity contribution is -0.140. The summed E-state index contributed by atoms with van der Waals surface area (Å²) in [5.41, 5.74) is 0. The molecule has 0 spiro atoms. The third-order valence-electron chi connectivity index (χ3n) is 3.05. The maximum absolute atomic E-state index is 10.4. The predicted octanol–water partition coefficient (Wildman–Crippen LogP) is 2.69. The van der Waals surface area contributed by atoms with Crippen LogP contribution in [0.25, 0.3) is 0 Å². The molecular weight excluding hydrogens is 192 g/mol. The molecule has 0 amide bonds. The second-order valence-electron chi connectivity index (χ2n) is 4.78. The molecule has 1 N–H and O–H groups in total. The molecule has 1 fully saturated rings. The van der Waals surface area contributed by atoms with Crippen molar-refractivity contribution in [1.82, 2.24) is 0 Å². The third-order valence-corrected chi connectivity index (χ3v) is 3.05. The fourth-order valence-electron chi connectivity index (χ4n) is 2.10. The molecular formula is C12H22O3. The molecule has 0 radical (unpaired) electrons. The summed E-state index contributed by atoms with van der Waals surface area (Å²) in [6, 6.07) is 0. The van der Waals surface area contributed by atoms with E-state index in [0.29, 0.717) is 24.4 Å². The first-order valence-corrected chi connectivity index (χ1v) is 5.95. The smallest absolute Gasteiger partial charge is 0.303 e. The Labute approximate surface area is 91.8 Å². The van der Waals surface area contributed by atoms with Crippen LogP contribution < -0.4 is 0 Å². The minimum absolute atomic E-state index is 0.310. The van der Waals surface area contributed by atoms with Gasteiger partial charge in [0.15, 0.2) is 0 Å². The third kappa shape index (κ3) is 4.65. The lowest BCUT2D eigenvalue weighted by Crippen LogP contribution is -2.33. The van der Waals surface area contributed by atoms with Crippen molar-refractivity contribution in [3.8, 4) is 0 Å². The highest BCUT2D eigenvalue weighted by molar-refractivity contribution is 5.67. The van der Waals surface area contributed by atoms with E-state index in [0.717, 1.165) is 19.4 Å². The average molecular weight is 214 g/mol. The highest BCUT2D eigenvalue weighted by Gasteiger charge is 2.31. The predicted molar refractivity (Wildman–Crippen MR) is 58.8 cm³/mol. The van der Waals surface area contributed by atoms with Crippen LogP contribution in [0.1, 0.15) is 46.0 Å². The number of ether oxygens (including phenoxy) is 1. The average Bonchev–Trinajstić information content (AvgIpc) is 2.08. The van der Waals surface area contributed by atoms with E-state index in [-0.39, 0.29) is 0 Å². The minimum atomic E-state index is -0.683. The molecule has 0 aliphatic heterocycles. The Kier molecular flexibility index (Phi) is 5.09. The number of carbonyl (C=O) groups is 1. The van der Waals surface area contributed by atoms with E-state index < -0.39 is 5.97 Å². The van der Waals surface area contributed by atoms with Gasteiger partial charge < -0.3 is 9.84 Å². The summed E-state index contributed by atoms with van der Waals surface area (Å²) in [6.07, 6.45) is 4.93. The fraction of sp³-hybridized carbons (Fsp3) is 0.917. The summed E-state index contributed by atoms with van der Waals surface area (Å²) in [5.74, 6) is 0.306. The first-order chi connectivity index (χ1) is 7.11. The second kappa shape index (κ2) is 6.11. The molecule has 0 heterocycles. The first-order valence-electron chi connectivity index (χ1n) is 5.95. The SMILES string of the molecule is CCCC(C)COC1CC(CC(=O)O)C1. The van der Waals surface area contributed by atoms with E-state index in [1.165, 1.54) is 12.8 Å². The van der Waals surface area contributed by atoms with Crippen LogP contribution in [-0.2, 0) is 9.53 Å². The summed E-state index contributed by atoms with van der Waals surface area (Å²) < 4.78 is 5.71. The van der Waals surface area contributed by atoms with Gasteiger partial charge in [0.1, 0.15) is 0 Å². The van der Waals surface area contributed by atoms with Crippen LogP contribution in [0.3, 0.4) is 0 Å². The molecule has 3 heteroatoms. The Bertz CT molecular complexity index is 197. The highest BCUT2D eigenvalue weighted by Crippen LogP contribution is 2.33. The van der Waals surface area contributed by atoms with Gasteiger partial charge in [-0.25, -0.2) is 0 Å². The van der Waals surface area contributed by atoms with Crippen LogP contribution in [0.4, 0.5) is 0 Å². The van der Waals surface area contributed by atoms with Gasteiger partial charge >= 0.3 is 5.97 Å². The molecule has 1 aliphatic rings. The van der Waals surface area contributed by atoms with Crippen LogP contribution in [0.15, 0.2) is 0 Å². The molecule has 0 aromatic carbocycles. The zero-order valence-electron chi connectivity index (χ0n) is 9.74. The molecule has 0 saturated heterocycles. The molecule has 88 valence electrons. The number of carboxylic acids is 1. The summed E-state index contributed by atoms with van der Waals surface area (Å²) in [5, 5.41) is 8.58. The number of rotatable bonds is 7. The van der Waals surface area contributed by atoms with Crippen molar-refractivity contribution in [3.63, 3.8) is 0 Å². The fourth-order valence-corrected chi connectivity index (χ4v) is 2.10. The maximum Gasteiger partial charge on any atom is 0.303 e. The Morgan fingerprint density at radius 2 is 2.20 bits per heavy atom. The molecule has 1 aliphatic carbocycles. The van der Waals surface area contributed by atoms with E-state index in [1.54, 1.807) is 0 Å². The van der Waals surface area contributed by atoms with Gasteiger partial charge in [-0.1, -0.05) is 20.3 Å². The van der Waals surface area contributed by atoms with Crippen LogP contribution >= 0.6 is 0 Å². The van der Waals surface area contributed by atoms with Crippen LogP contribution in [0.2, 0.25) is 0 Å². The molecule has 1 saturated carbocycles. The minimum Gasteiger partial charge on any atom is -0.481 e. The van der Waals surface area contributed by atoms with E-state index in [4.69, 9.17) is 9.84 Å². The van der Waals surface area contributed by atoms with Gasteiger partial charge in [0.25, 0.3) is 0 Å². The van der Waals surface area contributed by atoms with Crippen LogP contribution in [-0.4, -0.2) is 23.8 Å². The van der Waals surface area contributed by atoms with Gasteiger partial charge in [-0.15, -0.1) is 0 Å². The van der Waals surface area contributed by atoms with Crippen molar-refractivity contribution in [2.45, 2.75) is 52.1 Å². The van der Waals surface area contributed by atoms with Crippen LogP contribution in [0.5, 0.6) is 0 Å². The maximum atomic E-state index is 10.4. The number of carboxylic acid groups (broad SMARTS) is 1. The van der Waals surface area contributed by atoms with Crippen molar-refractivity contribution < 1.29 is 14.6 Å². The summed E-state index contributed by atoms with van der Waals surface area (Å²) >= 11 is 0. The summed E-state index contributed by atoms with van der Waals surface area (Å²) in [4.78, 5) is 10.4. The van der Waals surface area contributed by atoms with Gasteiger partial charge in [-0.05, 0) is 31.1 Å². The number of hydrogen-bond acceptors (Lipinski definition) is 2. The second-order valence-corrected chi connectivity index (χ2v) is 4.78. The van der Waals surface area contributed by atoms with Gasteiger partial charge in [-0.3, -0.25) is 4.79 Å². The van der Waals surface area contributed by atoms with E-state index >= 15 is 0 Å². The van der Waals surface area contributed by atoms with Gasteiger partial charge in [0, 0.05) is 13.0 Å². The van der Waals surface area contributed by atoms with Gasteiger partial charge in [0.05, 0.1) is 6.10 Å². The molecule has 0 aromatic heterocycles. The Balaban J connectivity index is 2.00.